The number of rotatable bonds is 4. The number of allylic oxidation sites excluding steroid dienone is 2. The standard InChI is InChI=1S/C68H61BN3S/c1-38-29-57(39-17-13-12-14-18-39)71(11)58-37-60-55(32-45(38)58)69-63-43(25-26-44-49-34-62-50(33-59(49)72(60)64(44)63)42-19-15-16-20-61(42)73-62)48-30-46-47-31-53-54(67(7,8)28-27-66(53,5)6)35-51(47)68(9,10)52(46)36-56(48)70-41-23-21-40(22-24-41)65(2,3)4/h12-26,29-37,70H,1,27-28H2,2-11H3. The highest BCUT2D eigenvalue weighted by Crippen LogP contribution is 2.56. The summed E-state index contributed by atoms with van der Waals surface area (Å²) >= 11 is 1.90. The molecule has 0 saturated carbocycles. The van der Waals surface area contributed by atoms with Gasteiger partial charge in [0.2, 0.25) is 0 Å². The van der Waals surface area contributed by atoms with Crippen LogP contribution >= 0.6 is 11.3 Å². The van der Waals surface area contributed by atoms with E-state index in [1.54, 1.807) is 0 Å². The van der Waals surface area contributed by atoms with Gasteiger partial charge in [0.25, 0.3) is 0 Å². The SMILES string of the molecule is C=C1C=C(c2ccccc2)N(C)c2cc3c(cc21)[B]c1c(-c2cc4c(cc2Nc2ccc(C(C)(C)C)cc2)C(C)(C)c2cc5c(cc2-4)C(C)(C)CCC5(C)C)ccc2c4cc5sc6ccccc6c5cc4n-3c12. The molecule has 0 atom stereocenters. The first-order valence-corrected chi connectivity index (χ1v) is 27.1. The number of anilines is 3. The fourth-order valence-electron chi connectivity index (χ4n) is 13.3. The summed E-state index contributed by atoms with van der Waals surface area (Å²) < 4.78 is 5.24. The number of nitrogens with one attached hydrogen (secondary N) is 1. The Morgan fingerprint density at radius 1 is 0.589 bits per heavy atom. The minimum Gasteiger partial charge on any atom is -0.355 e. The lowest BCUT2D eigenvalue weighted by Gasteiger charge is -2.42. The van der Waals surface area contributed by atoms with Crippen molar-refractivity contribution in [3.05, 3.63) is 191 Å². The second-order valence-corrected chi connectivity index (χ2v) is 25.6. The summed E-state index contributed by atoms with van der Waals surface area (Å²) in [6, 6.07) is 53.6. The maximum absolute atomic E-state index is 4.71. The van der Waals surface area contributed by atoms with Crippen molar-refractivity contribution in [1.82, 2.24) is 4.57 Å². The summed E-state index contributed by atoms with van der Waals surface area (Å²) in [7, 11) is 4.69. The van der Waals surface area contributed by atoms with Gasteiger partial charge in [0.1, 0.15) is 0 Å². The van der Waals surface area contributed by atoms with Crippen LogP contribution in [0.1, 0.15) is 114 Å². The molecule has 14 rings (SSSR count). The summed E-state index contributed by atoms with van der Waals surface area (Å²) in [6.45, 7) is 26.3. The average molecular weight is 963 g/mol. The number of nitrogens with zero attached hydrogens (tertiary/aromatic N) is 2. The summed E-state index contributed by atoms with van der Waals surface area (Å²) in [6.07, 6.45) is 4.63. The fraction of sp³-hybridized carbons (Fsp3) is 0.235. The number of hydrogen-bond acceptors (Lipinski definition) is 3. The maximum Gasteiger partial charge on any atom is 0.197 e. The zero-order valence-electron chi connectivity index (χ0n) is 43.9. The molecule has 10 aromatic rings. The third kappa shape index (κ3) is 6.43. The Morgan fingerprint density at radius 2 is 1.29 bits per heavy atom. The second kappa shape index (κ2) is 15.0. The largest absolute Gasteiger partial charge is 0.355 e. The number of benzene rings is 8. The Bertz CT molecular complexity index is 4110. The van der Waals surface area contributed by atoms with Crippen LogP contribution in [0.5, 0.6) is 0 Å². The fourth-order valence-corrected chi connectivity index (χ4v) is 14.4. The van der Waals surface area contributed by atoms with E-state index in [2.05, 4.69) is 237 Å². The molecule has 8 aromatic carbocycles. The van der Waals surface area contributed by atoms with Crippen LogP contribution in [0.3, 0.4) is 0 Å². The van der Waals surface area contributed by atoms with E-state index in [9.17, 15) is 0 Å². The minimum atomic E-state index is -0.196. The Labute approximate surface area is 435 Å². The van der Waals surface area contributed by atoms with E-state index in [0.717, 1.165) is 33.9 Å². The topological polar surface area (TPSA) is 20.2 Å². The van der Waals surface area contributed by atoms with Crippen molar-refractivity contribution in [2.45, 2.75) is 96.8 Å². The van der Waals surface area contributed by atoms with Crippen molar-refractivity contribution < 1.29 is 0 Å². The van der Waals surface area contributed by atoms with Crippen LogP contribution in [0.4, 0.5) is 17.1 Å². The third-order valence-corrected chi connectivity index (χ3v) is 18.8. The molecular weight excluding hydrogens is 902 g/mol. The predicted octanol–water partition coefficient (Wildman–Crippen LogP) is 17.0. The van der Waals surface area contributed by atoms with Gasteiger partial charge in [0.15, 0.2) is 7.28 Å². The van der Waals surface area contributed by atoms with Gasteiger partial charge in [0, 0.05) is 82.8 Å². The van der Waals surface area contributed by atoms with E-state index in [4.69, 9.17) is 6.58 Å². The molecular formula is C68H61BN3S. The lowest BCUT2D eigenvalue weighted by molar-refractivity contribution is 0.331. The van der Waals surface area contributed by atoms with Crippen LogP contribution in [-0.4, -0.2) is 18.9 Å². The van der Waals surface area contributed by atoms with Crippen molar-refractivity contribution in [3.8, 4) is 27.9 Å². The Hall–Kier alpha value is -7.08. The quantitative estimate of drug-likeness (QED) is 0.177. The van der Waals surface area contributed by atoms with E-state index in [1.807, 2.05) is 11.3 Å². The van der Waals surface area contributed by atoms with Crippen molar-refractivity contribution in [2.75, 3.05) is 17.3 Å². The van der Waals surface area contributed by atoms with Crippen molar-refractivity contribution >= 4 is 99.9 Å². The normalized spacial score (nSPS) is 16.8. The molecule has 357 valence electrons. The summed E-state index contributed by atoms with van der Waals surface area (Å²) in [5.74, 6) is 0. The lowest BCUT2D eigenvalue weighted by atomic mass is 9.58. The Kier molecular flexibility index (Phi) is 9.18. The van der Waals surface area contributed by atoms with Gasteiger partial charge >= 0.3 is 0 Å². The van der Waals surface area contributed by atoms with Gasteiger partial charge in [-0.05, 0) is 151 Å². The molecule has 3 nitrogen and oxygen atoms in total. The van der Waals surface area contributed by atoms with Gasteiger partial charge in [-0.3, -0.25) is 0 Å². The molecule has 1 N–H and O–H groups in total. The average Bonchev–Trinajstić information content (AvgIpc) is 3.98. The highest BCUT2D eigenvalue weighted by molar-refractivity contribution is 7.25. The van der Waals surface area contributed by atoms with Gasteiger partial charge in [-0.2, -0.15) is 0 Å². The number of hydrogen-bond donors (Lipinski definition) is 1. The number of fused-ring (bicyclic) bond motifs is 13. The molecule has 2 aromatic heterocycles. The third-order valence-electron chi connectivity index (χ3n) is 17.7. The first-order chi connectivity index (χ1) is 34.9. The van der Waals surface area contributed by atoms with Crippen molar-refractivity contribution in [1.29, 1.82) is 0 Å². The molecule has 4 heterocycles. The molecule has 0 bridgehead atoms. The molecule has 0 saturated heterocycles. The number of aromatic nitrogens is 1. The molecule has 0 fully saturated rings. The number of thiophene rings is 1. The van der Waals surface area contributed by atoms with Gasteiger partial charge in [0.05, 0.1) is 11.2 Å². The van der Waals surface area contributed by atoms with Gasteiger partial charge in [-0.1, -0.05) is 159 Å². The van der Waals surface area contributed by atoms with Crippen LogP contribution in [0, 0.1) is 0 Å². The molecule has 1 radical (unpaired) electrons. The van der Waals surface area contributed by atoms with E-state index in [0.29, 0.717) is 0 Å². The van der Waals surface area contributed by atoms with Crippen LogP contribution in [0.15, 0.2) is 152 Å². The molecule has 0 amide bonds. The highest BCUT2D eigenvalue weighted by Gasteiger charge is 2.43. The predicted molar refractivity (Wildman–Crippen MR) is 317 cm³/mol. The second-order valence-electron chi connectivity index (χ2n) is 24.5. The van der Waals surface area contributed by atoms with E-state index >= 15 is 0 Å². The van der Waals surface area contributed by atoms with Gasteiger partial charge in [-0.15, -0.1) is 11.3 Å². The molecule has 0 spiro atoms. The van der Waals surface area contributed by atoms with Crippen LogP contribution in [0.2, 0.25) is 0 Å². The van der Waals surface area contributed by atoms with Crippen LogP contribution < -0.4 is 21.1 Å². The lowest BCUT2D eigenvalue weighted by Crippen LogP contribution is -2.38. The molecule has 73 heavy (non-hydrogen) atoms. The zero-order chi connectivity index (χ0) is 50.2. The first kappa shape index (κ1) is 44.6. The van der Waals surface area contributed by atoms with Crippen molar-refractivity contribution in [3.63, 3.8) is 0 Å². The van der Waals surface area contributed by atoms with Crippen LogP contribution in [-0.2, 0) is 21.7 Å². The van der Waals surface area contributed by atoms with E-state index in [1.165, 1.54) is 127 Å². The zero-order valence-corrected chi connectivity index (χ0v) is 44.7. The molecule has 2 aliphatic heterocycles. The minimum absolute atomic E-state index is 0.0573. The molecule has 5 heteroatoms. The highest BCUT2D eigenvalue weighted by atomic mass is 32.1. The summed E-state index contributed by atoms with van der Waals surface area (Å²) in [4.78, 5) is 2.36. The van der Waals surface area contributed by atoms with E-state index < -0.39 is 0 Å². The smallest absolute Gasteiger partial charge is 0.197 e. The van der Waals surface area contributed by atoms with Crippen LogP contribution in [0.25, 0.3) is 81.2 Å². The van der Waals surface area contributed by atoms with Crippen molar-refractivity contribution in [2.24, 2.45) is 0 Å². The maximum atomic E-state index is 4.71. The molecule has 2 aliphatic carbocycles. The van der Waals surface area contributed by atoms with Gasteiger partial charge < -0.3 is 14.8 Å². The Balaban J connectivity index is 1.04. The molecule has 4 aliphatic rings. The molecule has 0 unspecified atom stereocenters. The first-order valence-electron chi connectivity index (χ1n) is 26.3. The Morgan fingerprint density at radius 3 is 2.04 bits per heavy atom. The monoisotopic (exact) mass is 962 g/mol. The van der Waals surface area contributed by atoms with Gasteiger partial charge in [-0.25, -0.2) is 0 Å². The summed E-state index contributed by atoms with van der Waals surface area (Å²) in [5.41, 5.74) is 26.4. The van der Waals surface area contributed by atoms with E-state index in [-0.39, 0.29) is 21.7 Å². The summed E-state index contributed by atoms with van der Waals surface area (Å²) in [5, 5.41) is 9.23.